The topological polar surface area (TPSA) is 142 Å². The number of nitro benzene ring substituents is 2. The number of hydrogen-bond donors (Lipinski definition) is 0. The molecule has 0 spiro atoms. The number of rotatable bonds is 8. The summed E-state index contributed by atoms with van der Waals surface area (Å²) in [6, 6.07) is 6.72. The van der Waals surface area contributed by atoms with E-state index in [2.05, 4.69) is 39.5 Å². The van der Waals surface area contributed by atoms with E-state index in [0.29, 0.717) is 52.5 Å². The van der Waals surface area contributed by atoms with Gasteiger partial charge in [0.25, 0.3) is 5.69 Å². The molecular weight excluding hydrogens is 693 g/mol. The molecule has 0 fully saturated rings. The van der Waals surface area contributed by atoms with Crippen LogP contribution in [0.2, 0.25) is 0 Å². The predicted molar refractivity (Wildman–Crippen MR) is 175 cm³/mol. The van der Waals surface area contributed by atoms with Gasteiger partial charge in [0.15, 0.2) is 23.1 Å². The SMILES string of the molecule is CCCN1C2=C(C(=O)CC(C)(C)C2)C(c2cc(I)c(Oc3ccc([N+](=O)[O-])cc3[N+](=O)[O-])c(OC)c2)C2=C1CC(C)(C)CC2=O. The van der Waals surface area contributed by atoms with E-state index in [4.69, 9.17) is 9.47 Å². The Balaban J connectivity index is 1.69. The number of ether oxygens (including phenoxy) is 2. The first-order chi connectivity index (χ1) is 21.1. The van der Waals surface area contributed by atoms with Gasteiger partial charge in [0.05, 0.1) is 26.6 Å². The molecule has 2 aromatic rings. The quantitative estimate of drug-likeness (QED) is 0.150. The lowest BCUT2D eigenvalue weighted by Gasteiger charge is -2.49. The summed E-state index contributed by atoms with van der Waals surface area (Å²) in [4.78, 5) is 51.8. The van der Waals surface area contributed by atoms with Gasteiger partial charge in [0.2, 0.25) is 5.75 Å². The molecule has 0 unspecified atom stereocenters. The summed E-state index contributed by atoms with van der Waals surface area (Å²) >= 11 is 2.04. The van der Waals surface area contributed by atoms with E-state index in [1.165, 1.54) is 13.2 Å². The van der Waals surface area contributed by atoms with Crippen LogP contribution in [0.5, 0.6) is 17.2 Å². The Bertz CT molecular complexity index is 1650. The monoisotopic (exact) mass is 729 g/mol. The fraction of sp³-hybridized carbons (Fsp3) is 0.455. The molecule has 11 nitrogen and oxygen atoms in total. The molecule has 0 aromatic heterocycles. The Labute approximate surface area is 275 Å². The summed E-state index contributed by atoms with van der Waals surface area (Å²) in [7, 11) is 1.44. The van der Waals surface area contributed by atoms with Crippen LogP contribution in [-0.4, -0.2) is 40.0 Å². The maximum Gasteiger partial charge on any atom is 0.318 e. The van der Waals surface area contributed by atoms with Crippen molar-refractivity contribution in [1.82, 2.24) is 4.90 Å². The molecular formula is C33H36IN3O8. The summed E-state index contributed by atoms with van der Waals surface area (Å²) < 4.78 is 12.3. The molecule has 0 atom stereocenters. The van der Waals surface area contributed by atoms with E-state index in [1.807, 2.05) is 28.7 Å². The van der Waals surface area contributed by atoms with Crippen LogP contribution in [0.15, 0.2) is 52.9 Å². The predicted octanol–water partition coefficient (Wildman–Crippen LogP) is 8.00. The van der Waals surface area contributed by atoms with E-state index < -0.39 is 27.1 Å². The molecule has 2 aromatic carbocycles. The fourth-order valence-electron chi connectivity index (χ4n) is 6.84. The summed E-state index contributed by atoms with van der Waals surface area (Å²) in [6.07, 6.45) is 2.99. The number of hydrogen-bond acceptors (Lipinski definition) is 9. The van der Waals surface area contributed by atoms with Gasteiger partial charge in [-0.05, 0) is 76.4 Å². The van der Waals surface area contributed by atoms with E-state index in [-0.39, 0.29) is 39.6 Å². The van der Waals surface area contributed by atoms with Crippen LogP contribution in [-0.2, 0) is 9.59 Å². The van der Waals surface area contributed by atoms with Crippen molar-refractivity contribution in [3.05, 3.63) is 82.2 Å². The zero-order chi connectivity index (χ0) is 33.0. The number of non-ortho nitro benzene ring substituents is 1. The standard InChI is InChI=1S/C33H36IN3O8/c1-7-10-35-22-14-32(2,3)16-24(38)29(22)28(30-23(35)15-33(4,5)17-25(30)39)18-11-20(34)31(27(12-18)44-6)45-26-9-8-19(36(40)41)13-21(26)37(42)43/h8-9,11-13,28H,7,10,14-17H2,1-6H3. The largest absolute Gasteiger partial charge is 0.493 e. The van der Waals surface area contributed by atoms with E-state index in [9.17, 15) is 29.8 Å². The number of ketones is 2. The molecule has 3 aliphatic rings. The van der Waals surface area contributed by atoms with E-state index in [0.717, 1.165) is 29.9 Å². The third-order valence-electron chi connectivity index (χ3n) is 8.62. The Hall–Kier alpha value is -3.81. The first-order valence-corrected chi connectivity index (χ1v) is 15.9. The van der Waals surface area contributed by atoms with Crippen molar-refractivity contribution in [1.29, 1.82) is 0 Å². The van der Waals surface area contributed by atoms with Crippen LogP contribution in [0, 0.1) is 34.6 Å². The zero-order valence-electron chi connectivity index (χ0n) is 26.2. The summed E-state index contributed by atoms with van der Waals surface area (Å²) in [6.45, 7) is 11.2. The van der Waals surface area contributed by atoms with Crippen LogP contribution in [0.4, 0.5) is 11.4 Å². The van der Waals surface area contributed by atoms with Gasteiger partial charge in [-0.15, -0.1) is 0 Å². The Morgan fingerprint density at radius 3 is 1.96 bits per heavy atom. The maximum atomic E-state index is 14.0. The molecule has 2 aliphatic carbocycles. The number of benzene rings is 2. The van der Waals surface area contributed by atoms with Gasteiger partial charge in [-0.3, -0.25) is 29.8 Å². The lowest BCUT2D eigenvalue weighted by Crippen LogP contribution is -2.44. The number of carbonyl (C=O) groups excluding carboxylic acids is 2. The molecule has 1 aliphatic heterocycles. The van der Waals surface area contributed by atoms with Crippen molar-refractivity contribution in [3.63, 3.8) is 0 Å². The van der Waals surface area contributed by atoms with Gasteiger partial charge in [0, 0.05) is 53.9 Å². The number of carbonyl (C=O) groups is 2. The second-order valence-electron chi connectivity index (χ2n) is 13.5. The lowest BCUT2D eigenvalue weighted by molar-refractivity contribution is -0.394. The Kier molecular flexibility index (Phi) is 8.58. The van der Waals surface area contributed by atoms with Crippen molar-refractivity contribution in [2.45, 2.75) is 72.6 Å². The highest BCUT2D eigenvalue weighted by Gasteiger charge is 2.49. The number of Topliss-reactive ketones (excluding diaryl/α,β-unsaturated/α-hetero) is 2. The number of methoxy groups -OCH3 is 1. The summed E-state index contributed by atoms with van der Waals surface area (Å²) in [5.41, 5.74) is 2.47. The normalized spacial score (nSPS) is 19.3. The first-order valence-electron chi connectivity index (χ1n) is 14.9. The highest BCUT2D eigenvalue weighted by Crippen LogP contribution is 2.55. The number of nitrogens with zero attached hydrogens (tertiary/aromatic N) is 3. The minimum absolute atomic E-state index is 0.0207. The number of halogens is 1. The van der Waals surface area contributed by atoms with Crippen molar-refractivity contribution >= 4 is 45.5 Å². The molecule has 0 radical (unpaired) electrons. The van der Waals surface area contributed by atoms with Gasteiger partial charge in [0.1, 0.15) is 0 Å². The van der Waals surface area contributed by atoms with E-state index in [1.54, 1.807) is 6.07 Å². The van der Waals surface area contributed by atoms with Crippen LogP contribution in [0.1, 0.15) is 78.2 Å². The van der Waals surface area contributed by atoms with Crippen LogP contribution >= 0.6 is 22.6 Å². The molecule has 45 heavy (non-hydrogen) atoms. The molecule has 12 heteroatoms. The zero-order valence-corrected chi connectivity index (χ0v) is 28.3. The second kappa shape index (κ2) is 11.8. The van der Waals surface area contributed by atoms with Gasteiger partial charge in [-0.25, -0.2) is 0 Å². The summed E-state index contributed by atoms with van der Waals surface area (Å²) in [5, 5.41) is 23.0. The third kappa shape index (κ3) is 6.08. The van der Waals surface area contributed by atoms with Crippen LogP contribution in [0.25, 0.3) is 0 Å². The molecule has 1 heterocycles. The lowest BCUT2D eigenvalue weighted by atomic mass is 9.63. The van der Waals surface area contributed by atoms with Gasteiger partial charge in [-0.2, -0.15) is 0 Å². The van der Waals surface area contributed by atoms with Gasteiger partial charge >= 0.3 is 5.69 Å². The van der Waals surface area contributed by atoms with Gasteiger partial charge < -0.3 is 14.4 Å². The van der Waals surface area contributed by atoms with Crippen molar-refractivity contribution in [2.24, 2.45) is 10.8 Å². The number of allylic oxidation sites excluding steroid dienone is 4. The first kappa shape index (κ1) is 32.6. The Morgan fingerprint density at radius 1 is 0.889 bits per heavy atom. The molecule has 0 amide bonds. The number of nitro groups is 2. The van der Waals surface area contributed by atoms with Crippen LogP contribution < -0.4 is 9.47 Å². The molecule has 238 valence electrons. The molecule has 0 N–H and O–H groups in total. The highest BCUT2D eigenvalue weighted by atomic mass is 127. The van der Waals surface area contributed by atoms with Gasteiger partial charge in [-0.1, -0.05) is 34.6 Å². The third-order valence-corrected chi connectivity index (χ3v) is 9.42. The van der Waals surface area contributed by atoms with Crippen molar-refractivity contribution in [3.8, 4) is 17.2 Å². The molecule has 0 saturated heterocycles. The maximum absolute atomic E-state index is 14.0. The fourth-order valence-corrected chi connectivity index (χ4v) is 7.57. The smallest absolute Gasteiger partial charge is 0.318 e. The minimum atomic E-state index is -0.742. The Morgan fingerprint density at radius 2 is 1.47 bits per heavy atom. The average molecular weight is 730 g/mol. The minimum Gasteiger partial charge on any atom is -0.493 e. The van der Waals surface area contributed by atoms with Crippen LogP contribution in [0.3, 0.4) is 0 Å². The van der Waals surface area contributed by atoms with E-state index >= 15 is 0 Å². The molecule has 0 saturated carbocycles. The average Bonchev–Trinajstić information content (AvgIpc) is 2.93. The molecule has 0 bridgehead atoms. The summed E-state index contributed by atoms with van der Waals surface area (Å²) in [5.74, 6) is -0.318. The van der Waals surface area contributed by atoms with Crippen molar-refractivity contribution < 1.29 is 28.9 Å². The highest BCUT2D eigenvalue weighted by molar-refractivity contribution is 14.1. The second-order valence-corrected chi connectivity index (χ2v) is 14.7. The van der Waals surface area contributed by atoms with Crippen molar-refractivity contribution in [2.75, 3.05) is 13.7 Å². The molecule has 5 rings (SSSR count).